The van der Waals surface area contributed by atoms with Gasteiger partial charge in [-0.15, -0.1) is 0 Å². The van der Waals surface area contributed by atoms with Gasteiger partial charge in [-0.05, 0) is 75.0 Å². The molecule has 32 heavy (non-hydrogen) atoms. The summed E-state index contributed by atoms with van der Waals surface area (Å²) in [5.74, 6) is 3.61. The zero-order valence-corrected chi connectivity index (χ0v) is 22.2. The van der Waals surface area contributed by atoms with E-state index in [4.69, 9.17) is 4.74 Å². The summed E-state index contributed by atoms with van der Waals surface area (Å²) in [6.07, 6.45) is 11.2. The lowest BCUT2D eigenvalue weighted by atomic mass is 9.82. The van der Waals surface area contributed by atoms with Gasteiger partial charge >= 0.3 is 0 Å². The lowest BCUT2D eigenvalue weighted by molar-refractivity contribution is -0.0617. The molecule has 1 aromatic carbocycles. The van der Waals surface area contributed by atoms with Crippen LogP contribution >= 0.6 is 0 Å². The third-order valence-corrected chi connectivity index (χ3v) is 8.02. The molecule has 1 aliphatic rings. The van der Waals surface area contributed by atoms with Gasteiger partial charge in [-0.3, -0.25) is 0 Å². The number of hydrogen-bond acceptors (Lipinski definition) is 3. The molecule has 0 spiro atoms. The van der Waals surface area contributed by atoms with E-state index in [-0.39, 0.29) is 0 Å². The molecular weight excluding hydrogens is 396 g/mol. The first-order chi connectivity index (χ1) is 15.0. The average molecular weight is 447 g/mol. The Labute approximate surface area is 198 Å². The van der Waals surface area contributed by atoms with Crippen LogP contribution < -0.4 is 4.74 Å². The van der Waals surface area contributed by atoms with E-state index < -0.39 is 11.7 Å². The molecule has 3 nitrogen and oxygen atoms in total. The Morgan fingerprint density at radius 2 is 1.38 bits per heavy atom. The smallest absolute Gasteiger partial charge is 0.132 e. The Kier molecular flexibility index (Phi) is 9.94. The molecule has 0 aromatic heterocycles. The van der Waals surface area contributed by atoms with Crippen LogP contribution in [-0.2, 0) is 6.42 Å². The van der Waals surface area contributed by atoms with Gasteiger partial charge in [0.25, 0.3) is 0 Å². The van der Waals surface area contributed by atoms with Gasteiger partial charge in [-0.2, -0.15) is 0 Å². The van der Waals surface area contributed by atoms with E-state index in [0.29, 0.717) is 12.2 Å². The van der Waals surface area contributed by atoms with Gasteiger partial charge in [-0.1, -0.05) is 72.6 Å². The minimum absolute atomic E-state index is 0.337. The number of aliphatic hydroxyl groups excluding tert-OH is 1. The molecule has 1 heterocycles. The molecule has 0 fully saturated rings. The SMILES string of the molecule is Cc1c(C)c2c(c(C)c1O)CC(O)[C@](C)(CCC[C@H](C)CCC[C@@H](C)CCCC(C)C)O2. The number of phenolic OH excluding ortho intramolecular Hbond substituents is 1. The maximum atomic E-state index is 10.9. The van der Waals surface area contributed by atoms with Gasteiger partial charge in [0.1, 0.15) is 17.1 Å². The molecule has 0 saturated heterocycles. The molecular formula is C29H50O3. The molecule has 0 radical (unpaired) electrons. The highest BCUT2D eigenvalue weighted by atomic mass is 16.5. The van der Waals surface area contributed by atoms with E-state index in [9.17, 15) is 10.2 Å². The number of phenols is 1. The monoisotopic (exact) mass is 446 g/mol. The Hall–Kier alpha value is -1.22. The van der Waals surface area contributed by atoms with Gasteiger partial charge in [0.2, 0.25) is 0 Å². The van der Waals surface area contributed by atoms with E-state index >= 15 is 0 Å². The van der Waals surface area contributed by atoms with Crippen LogP contribution in [0, 0.1) is 38.5 Å². The molecule has 0 amide bonds. The normalized spacial score (nSPS) is 22.5. The Balaban J connectivity index is 1.80. The number of aliphatic hydroxyl groups is 1. The molecule has 1 aliphatic heterocycles. The first kappa shape index (κ1) is 27.0. The number of rotatable bonds is 12. The van der Waals surface area contributed by atoms with Crippen LogP contribution in [0.5, 0.6) is 11.5 Å². The quantitative estimate of drug-likeness (QED) is 0.344. The van der Waals surface area contributed by atoms with Crippen molar-refractivity contribution in [3.8, 4) is 11.5 Å². The van der Waals surface area contributed by atoms with Crippen molar-refractivity contribution in [1.29, 1.82) is 0 Å². The summed E-state index contributed by atoms with van der Waals surface area (Å²) in [6, 6.07) is 0. The van der Waals surface area contributed by atoms with Crippen LogP contribution in [0.25, 0.3) is 0 Å². The van der Waals surface area contributed by atoms with Crippen molar-refractivity contribution in [1.82, 2.24) is 0 Å². The topological polar surface area (TPSA) is 49.7 Å². The Morgan fingerprint density at radius 3 is 1.94 bits per heavy atom. The zero-order valence-electron chi connectivity index (χ0n) is 22.2. The molecule has 0 aliphatic carbocycles. The van der Waals surface area contributed by atoms with E-state index in [1.54, 1.807) is 0 Å². The summed E-state index contributed by atoms with van der Waals surface area (Å²) in [6.45, 7) is 17.4. The number of ether oxygens (including phenoxy) is 1. The minimum atomic E-state index is -0.557. The second kappa shape index (κ2) is 11.8. The molecule has 3 heteroatoms. The maximum absolute atomic E-state index is 10.9. The second-order valence-electron chi connectivity index (χ2n) is 11.5. The third kappa shape index (κ3) is 6.89. The van der Waals surface area contributed by atoms with Crippen LogP contribution in [0.3, 0.4) is 0 Å². The molecule has 0 bridgehead atoms. The molecule has 0 saturated carbocycles. The highest BCUT2D eigenvalue weighted by molar-refractivity contribution is 5.58. The van der Waals surface area contributed by atoms with Crippen molar-refractivity contribution in [2.75, 3.05) is 0 Å². The van der Waals surface area contributed by atoms with Crippen molar-refractivity contribution in [3.05, 3.63) is 22.3 Å². The number of benzene rings is 1. The van der Waals surface area contributed by atoms with Gasteiger partial charge < -0.3 is 14.9 Å². The van der Waals surface area contributed by atoms with E-state index in [1.807, 2.05) is 20.8 Å². The molecule has 1 unspecified atom stereocenters. The third-order valence-electron chi connectivity index (χ3n) is 8.02. The van der Waals surface area contributed by atoms with Gasteiger partial charge in [-0.25, -0.2) is 0 Å². The van der Waals surface area contributed by atoms with Crippen molar-refractivity contribution in [2.24, 2.45) is 17.8 Å². The summed E-state index contributed by atoms with van der Waals surface area (Å²) in [4.78, 5) is 0. The standard InChI is InChI=1S/C29H50O3/c1-19(2)12-9-13-20(3)14-10-15-21(4)16-11-17-29(8)26(30)18-25-24(7)27(31)22(5)23(6)28(25)32-29/h19-21,26,30-31H,9-18H2,1-8H3/t20-,21+,26?,29-/m0/s1. The largest absolute Gasteiger partial charge is 0.507 e. The highest BCUT2D eigenvalue weighted by Gasteiger charge is 2.41. The van der Waals surface area contributed by atoms with E-state index in [0.717, 1.165) is 58.6 Å². The fourth-order valence-corrected chi connectivity index (χ4v) is 5.26. The van der Waals surface area contributed by atoms with Crippen LogP contribution in [0.2, 0.25) is 0 Å². The maximum Gasteiger partial charge on any atom is 0.132 e. The predicted molar refractivity (Wildman–Crippen MR) is 136 cm³/mol. The average Bonchev–Trinajstić information content (AvgIpc) is 2.72. The highest BCUT2D eigenvalue weighted by Crippen LogP contribution is 2.44. The van der Waals surface area contributed by atoms with Gasteiger partial charge in [0.05, 0.1) is 6.10 Å². The van der Waals surface area contributed by atoms with Gasteiger partial charge in [0, 0.05) is 12.0 Å². The summed E-state index contributed by atoms with van der Waals surface area (Å²) in [7, 11) is 0. The van der Waals surface area contributed by atoms with Crippen LogP contribution in [0.4, 0.5) is 0 Å². The van der Waals surface area contributed by atoms with Crippen LogP contribution in [-0.4, -0.2) is 21.9 Å². The summed E-state index contributed by atoms with van der Waals surface area (Å²) < 4.78 is 6.47. The van der Waals surface area contributed by atoms with Crippen LogP contribution in [0.15, 0.2) is 0 Å². The number of fused-ring (bicyclic) bond motifs is 1. The van der Waals surface area contributed by atoms with Crippen molar-refractivity contribution in [3.63, 3.8) is 0 Å². The second-order valence-corrected chi connectivity index (χ2v) is 11.5. The zero-order chi connectivity index (χ0) is 24.1. The molecule has 4 atom stereocenters. The molecule has 2 rings (SSSR count). The van der Waals surface area contributed by atoms with Crippen molar-refractivity contribution < 1.29 is 14.9 Å². The Morgan fingerprint density at radius 1 is 0.844 bits per heavy atom. The van der Waals surface area contributed by atoms with Gasteiger partial charge in [0.15, 0.2) is 0 Å². The first-order valence-corrected chi connectivity index (χ1v) is 13.1. The Bertz CT molecular complexity index is 739. The molecule has 2 N–H and O–H groups in total. The predicted octanol–water partition coefficient (Wildman–Crippen LogP) is 7.81. The summed E-state index contributed by atoms with van der Waals surface area (Å²) in [5, 5.41) is 21.3. The van der Waals surface area contributed by atoms with E-state index in [2.05, 4.69) is 34.6 Å². The van der Waals surface area contributed by atoms with Crippen molar-refractivity contribution >= 4 is 0 Å². The lowest BCUT2D eigenvalue weighted by Gasteiger charge is -2.41. The van der Waals surface area contributed by atoms with E-state index in [1.165, 1.54) is 44.9 Å². The molecule has 1 aromatic rings. The fourth-order valence-electron chi connectivity index (χ4n) is 5.26. The fraction of sp³-hybridized carbons (Fsp3) is 0.793. The number of aromatic hydroxyl groups is 1. The summed E-state index contributed by atoms with van der Waals surface area (Å²) in [5.41, 5.74) is 3.13. The first-order valence-electron chi connectivity index (χ1n) is 13.1. The van der Waals surface area contributed by atoms with Crippen LogP contribution in [0.1, 0.15) is 115 Å². The van der Waals surface area contributed by atoms with Crippen molar-refractivity contribution in [2.45, 2.75) is 131 Å². The number of hydrogen-bond donors (Lipinski definition) is 2. The molecule has 184 valence electrons. The summed E-state index contributed by atoms with van der Waals surface area (Å²) >= 11 is 0. The minimum Gasteiger partial charge on any atom is -0.507 e. The lowest BCUT2D eigenvalue weighted by Crippen LogP contribution is -2.49.